The Kier molecular flexibility index (Phi) is 34.1. The molecular formula is C41H75N3O3. The minimum Gasteiger partial charge on any atom is -0.392 e. The zero-order chi connectivity index (χ0) is 34.6. The van der Waals surface area contributed by atoms with E-state index in [1.165, 1.54) is 0 Å². The van der Waals surface area contributed by atoms with E-state index in [1.54, 1.807) is 0 Å². The van der Waals surface area contributed by atoms with Crippen LogP contribution in [0, 0.1) is 0 Å². The average Bonchev–Trinajstić information content (AvgIpc) is 3.05. The molecule has 0 fully saturated rings. The van der Waals surface area contributed by atoms with Gasteiger partial charge in [0.05, 0.1) is 18.3 Å². The third kappa shape index (κ3) is 33.9. The molecule has 4 N–H and O–H groups in total. The fourth-order valence-electron chi connectivity index (χ4n) is 5.31. The number of likely N-dealkylation sites (N-methyl/N-ethyl adjacent to an activating group) is 1. The topological polar surface area (TPSA) is 79.2 Å². The molecule has 0 aromatic rings. The summed E-state index contributed by atoms with van der Waals surface area (Å²) < 4.78 is 0. The van der Waals surface area contributed by atoms with Crippen molar-refractivity contribution in [3.63, 3.8) is 0 Å². The first-order valence-corrected chi connectivity index (χ1v) is 18.9. The maximum Gasteiger partial charge on any atom is 0.0667 e. The Morgan fingerprint density at radius 1 is 0.511 bits per heavy atom. The number of rotatable bonds is 33. The minimum absolute atomic E-state index is 0.297. The molecule has 3 unspecified atom stereocenters. The van der Waals surface area contributed by atoms with Crippen molar-refractivity contribution in [2.75, 3.05) is 52.9 Å². The molecule has 272 valence electrons. The van der Waals surface area contributed by atoms with Gasteiger partial charge in [0.1, 0.15) is 0 Å². The van der Waals surface area contributed by atoms with Crippen LogP contribution in [0.3, 0.4) is 0 Å². The zero-order valence-electron chi connectivity index (χ0n) is 31.0. The van der Waals surface area contributed by atoms with Gasteiger partial charge in [0, 0.05) is 45.8 Å². The van der Waals surface area contributed by atoms with E-state index < -0.39 is 0 Å². The first kappa shape index (κ1) is 45.2. The van der Waals surface area contributed by atoms with Gasteiger partial charge in [0.15, 0.2) is 0 Å². The van der Waals surface area contributed by atoms with Gasteiger partial charge in [-0.25, -0.2) is 0 Å². The van der Waals surface area contributed by atoms with E-state index in [2.05, 4.69) is 95.1 Å². The summed E-state index contributed by atoms with van der Waals surface area (Å²) in [5.41, 5.74) is 0. The van der Waals surface area contributed by atoms with Gasteiger partial charge in [0.25, 0.3) is 0 Å². The number of aliphatic hydroxyl groups is 3. The first-order valence-electron chi connectivity index (χ1n) is 18.9. The van der Waals surface area contributed by atoms with Gasteiger partial charge in [-0.15, -0.1) is 0 Å². The Labute approximate surface area is 291 Å². The van der Waals surface area contributed by atoms with Crippen LogP contribution in [0.25, 0.3) is 0 Å². The molecule has 3 atom stereocenters. The van der Waals surface area contributed by atoms with Crippen molar-refractivity contribution in [2.45, 2.75) is 135 Å². The van der Waals surface area contributed by atoms with Gasteiger partial charge in [-0.3, -0.25) is 4.90 Å². The van der Waals surface area contributed by atoms with Crippen LogP contribution in [-0.2, 0) is 0 Å². The van der Waals surface area contributed by atoms with Crippen LogP contribution in [0.5, 0.6) is 0 Å². The number of allylic oxidation sites excluding steroid dienone is 12. The third-order valence-electron chi connectivity index (χ3n) is 8.28. The average molecular weight is 658 g/mol. The molecule has 0 aromatic heterocycles. The first-order chi connectivity index (χ1) is 22.9. The summed E-state index contributed by atoms with van der Waals surface area (Å²) in [4.78, 5) is 4.55. The summed E-state index contributed by atoms with van der Waals surface area (Å²) >= 11 is 0. The van der Waals surface area contributed by atoms with E-state index in [1.807, 2.05) is 20.8 Å². The van der Waals surface area contributed by atoms with Crippen molar-refractivity contribution >= 4 is 0 Å². The fraction of sp³-hybridized carbons (Fsp3) is 0.707. The quantitative estimate of drug-likeness (QED) is 0.0422. The highest BCUT2D eigenvalue weighted by atomic mass is 16.3. The van der Waals surface area contributed by atoms with Gasteiger partial charge in [-0.2, -0.15) is 0 Å². The molecule has 0 bridgehead atoms. The van der Waals surface area contributed by atoms with Gasteiger partial charge in [-0.05, 0) is 105 Å². The lowest BCUT2D eigenvalue weighted by Crippen LogP contribution is -2.43. The van der Waals surface area contributed by atoms with Crippen LogP contribution in [-0.4, -0.2) is 96.3 Å². The largest absolute Gasteiger partial charge is 0.392 e. The van der Waals surface area contributed by atoms with Crippen LogP contribution in [0.4, 0.5) is 0 Å². The van der Waals surface area contributed by atoms with Crippen LogP contribution in [0.2, 0.25) is 0 Å². The molecule has 0 spiro atoms. The Bertz CT molecular complexity index is 796. The lowest BCUT2D eigenvalue weighted by molar-refractivity contribution is 0.0565. The molecule has 0 aromatic carbocycles. The molecule has 6 nitrogen and oxygen atoms in total. The van der Waals surface area contributed by atoms with Crippen molar-refractivity contribution in [1.29, 1.82) is 0 Å². The minimum atomic E-state index is -0.376. The van der Waals surface area contributed by atoms with Crippen LogP contribution >= 0.6 is 0 Å². The second-order valence-electron chi connectivity index (χ2n) is 12.9. The molecule has 0 rings (SSSR count). The Hall–Kier alpha value is -1.80. The monoisotopic (exact) mass is 658 g/mol. The second kappa shape index (κ2) is 35.5. The zero-order valence-corrected chi connectivity index (χ0v) is 31.0. The van der Waals surface area contributed by atoms with Gasteiger partial charge >= 0.3 is 0 Å². The molecule has 0 heterocycles. The van der Waals surface area contributed by atoms with Gasteiger partial charge in [0.2, 0.25) is 0 Å². The number of hydrogen-bond acceptors (Lipinski definition) is 6. The third-order valence-corrected chi connectivity index (χ3v) is 8.28. The molecule has 6 heteroatoms. The summed E-state index contributed by atoms with van der Waals surface area (Å²) in [5.74, 6) is 0. The normalized spacial score (nSPS) is 15.0. The predicted octanol–water partition coefficient (Wildman–Crippen LogP) is 8.14. The Morgan fingerprint density at radius 3 is 1.36 bits per heavy atom. The van der Waals surface area contributed by atoms with Crippen molar-refractivity contribution in [2.24, 2.45) is 0 Å². The SMILES string of the molecule is C/C=C\C/C=C\CCCCC(O)CNCCN(C)CCN(CC(O)CCCC/C=C\C/C=C\C)CC(O)CCCC/C=C\C/C=C\C. The fourth-order valence-corrected chi connectivity index (χ4v) is 5.31. The number of hydrogen-bond donors (Lipinski definition) is 4. The lowest BCUT2D eigenvalue weighted by Gasteiger charge is -2.29. The van der Waals surface area contributed by atoms with Gasteiger partial charge < -0.3 is 25.5 Å². The number of unbranched alkanes of at least 4 members (excludes halogenated alkanes) is 6. The summed E-state index contributed by atoms with van der Waals surface area (Å²) in [7, 11) is 2.13. The van der Waals surface area contributed by atoms with E-state index >= 15 is 0 Å². The van der Waals surface area contributed by atoms with E-state index in [0.29, 0.717) is 19.6 Å². The maximum absolute atomic E-state index is 10.8. The smallest absolute Gasteiger partial charge is 0.0667 e. The van der Waals surface area contributed by atoms with Crippen molar-refractivity contribution in [1.82, 2.24) is 15.1 Å². The molecule has 0 saturated heterocycles. The maximum atomic E-state index is 10.8. The summed E-state index contributed by atoms with van der Waals surface area (Å²) in [6.07, 6.45) is 40.0. The Morgan fingerprint density at radius 2 is 0.936 bits per heavy atom. The standard InChI is InChI=1S/C41H75N3O3/c1-5-8-11-14-17-20-23-26-29-39(45)36-42-32-33-43(4)34-35-44(37-40(46)30-27-24-21-18-15-12-9-6-2)38-41(47)31-28-25-22-19-16-13-10-7-3/h5-10,14-19,39-42,45-47H,11-13,20-38H2,1-4H3/b8-5-,9-6-,10-7-,17-14-,18-15-,19-16-. The Balaban J connectivity index is 4.48. The molecule has 0 aliphatic carbocycles. The summed E-state index contributed by atoms with van der Waals surface area (Å²) in [5, 5.41) is 35.4. The molecule has 0 aliphatic rings. The molecule has 0 saturated carbocycles. The van der Waals surface area contributed by atoms with Gasteiger partial charge in [-0.1, -0.05) is 92.2 Å². The van der Waals surface area contributed by atoms with Crippen LogP contribution in [0.15, 0.2) is 72.9 Å². The summed E-state index contributed by atoms with van der Waals surface area (Å²) in [6, 6.07) is 0. The molecular weight excluding hydrogens is 582 g/mol. The molecule has 0 aliphatic heterocycles. The molecule has 47 heavy (non-hydrogen) atoms. The highest BCUT2D eigenvalue weighted by Crippen LogP contribution is 2.10. The number of aliphatic hydroxyl groups excluding tert-OH is 3. The molecule has 0 amide bonds. The highest BCUT2D eigenvalue weighted by Gasteiger charge is 2.16. The van der Waals surface area contributed by atoms with Crippen molar-refractivity contribution in [3.8, 4) is 0 Å². The predicted molar refractivity (Wildman–Crippen MR) is 206 cm³/mol. The van der Waals surface area contributed by atoms with Crippen molar-refractivity contribution < 1.29 is 15.3 Å². The second-order valence-corrected chi connectivity index (χ2v) is 12.9. The van der Waals surface area contributed by atoms with E-state index in [4.69, 9.17) is 0 Å². The van der Waals surface area contributed by atoms with Crippen molar-refractivity contribution in [3.05, 3.63) is 72.9 Å². The van der Waals surface area contributed by atoms with E-state index in [-0.39, 0.29) is 18.3 Å². The summed E-state index contributed by atoms with van der Waals surface area (Å²) in [6.45, 7) is 11.4. The van der Waals surface area contributed by atoms with Crippen LogP contribution < -0.4 is 5.32 Å². The van der Waals surface area contributed by atoms with E-state index in [9.17, 15) is 15.3 Å². The van der Waals surface area contributed by atoms with Crippen LogP contribution in [0.1, 0.15) is 117 Å². The van der Waals surface area contributed by atoms with E-state index in [0.717, 1.165) is 122 Å². The lowest BCUT2D eigenvalue weighted by atomic mass is 10.1. The number of nitrogens with one attached hydrogen (secondary N) is 1. The molecule has 0 radical (unpaired) electrons. The number of nitrogens with zero attached hydrogens (tertiary/aromatic N) is 2. The highest BCUT2D eigenvalue weighted by molar-refractivity contribution is 4.92.